The second-order valence-corrected chi connectivity index (χ2v) is 6.52. The normalized spacial score (nSPS) is 19.4. The van der Waals surface area contributed by atoms with Gasteiger partial charge in [-0.15, -0.1) is 0 Å². The van der Waals surface area contributed by atoms with E-state index in [0.717, 1.165) is 11.3 Å². The fourth-order valence-corrected chi connectivity index (χ4v) is 2.37. The SMILES string of the molecule is C/C(=N\OCc1ccccc1)C1C(=O)N(C)N=C1C(C)(C)C. The van der Waals surface area contributed by atoms with Crippen LogP contribution < -0.4 is 0 Å². The van der Waals surface area contributed by atoms with Crippen LogP contribution in [0.25, 0.3) is 0 Å². The fourth-order valence-electron chi connectivity index (χ4n) is 2.37. The van der Waals surface area contributed by atoms with Gasteiger partial charge in [-0.2, -0.15) is 5.10 Å². The van der Waals surface area contributed by atoms with Crippen molar-refractivity contribution in [2.45, 2.75) is 34.3 Å². The Bertz CT molecular complexity index is 600. The smallest absolute Gasteiger partial charge is 0.257 e. The van der Waals surface area contributed by atoms with Crippen molar-refractivity contribution in [3.05, 3.63) is 35.9 Å². The van der Waals surface area contributed by atoms with E-state index in [2.05, 4.69) is 10.3 Å². The number of carbonyl (C=O) groups is 1. The molecule has 1 aliphatic rings. The molecule has 1 aliphatic heterocycles. The van der Waals surface area contributed by atoms with Crippen molar-refractivity contribution < 1.29 is 9.63 Å². The van der Waals surface area contributed by atoms with Crippen LogP contribution in [0.15, 0.2) is 40.6 Å². The second-order valence-electron chi connectivity index (χ2n) is 6.52. The van der Waals surface area contributed by atoms with Gasteiger partial charge in [0.15, 0.2) is 0 Å². The van der Waals surface area contributed by atoms with Gasteiger partial charge in [0.25, 0.3) is 5.91 Å². The highest BCUT2D eigenvalue weighted by molar-refractivity contribution is 6.24. The van der Waals surface area contributed by atoms with Crippen LogP contribution in [0.2, 0.25) is 0 Å². The van der Waals surface area contributed by atoms with Gasteiger partial charge < -0.3 is 4.84 Å². The first-order valence-electron chi connectivity index (χ1n) is 7.37. The van der Waals surface area contributed by atoms with Gasteiger partial charge in [0.05, 0.1) is 11.4 Å². The molecule has 0 fully saturated rings. The molecular formula is C17H23N3O2. The molecule has 0 radical (unpaired) electrons. The van der Waals surface area contributed by atoms with E-state index < -0.39 is 5.92 Å². The highest BCUT2D eigenvalue weighted by Gasteiger charge is 2.41. The Balaban J connectivity index is 2.10. The molecule has 2 rings (SSSR count). The van der Waals surface area contributed by atoms with Gasteiger partial charge in [-0.1, -0.05) is 56.3 Å². The fraction of sp³-hybridized carbons (Fsp3) is 0.471. The van der Waals surface area contributed by atoms with Gasteiger partial charge in [-0.3, -0.25) is 4.79 Å². The van der Waals surface area contributed by atoms with Gasteiger partial charge in [0, 0.05) is 12.5 Å². The van der Waals surface area contributed by atoms with Crippen LogP contribution in [-0.4, -0.2) is 29.4 Å². The molecule has 118 valence electrons. The predicted octanol–water partition coefficient (Wildman–Crippen LogP) is 3.07. The Morgan fingerprint density at radius 2 is 1.95 bits per heavy atom. The summed E-state index contributed by atoms with van der Waals surface area (Å²) in [6.45, 7) is 8.33. The number of hydrazone groups is 1. The molecule has 0 spiro atoms. The van der Waals surface area contributed by atoms with E-state index in [1.165, 1.54) is 5.01 Å². The molecule has 0 N–H and O–H groups in total. The average Bonchev–Trinajstić information content (AvgIpc) is 2.76. The standard InChI is InChI=1S/C17H23N3O2/c1-12(19-22-11-13-9-7-6-8-10-13)14-15(17(2,3)4)18-20(5)16(14)21/h6-10,14H,11H2,1-5H3/b19-12+. The van der Waals surface area contributed by atoms with Crippen molar-refractivity contribution in [2.24, 2.45) is 21.6 Å². The van der Waals surface area contributed by atoms with Crippen molar-refractivity contribution in [3.8, 4) is 0 Å². The monoisotopic (exact) mass is 301 g/mol. The molecule has 0 saturated carbocycles. The van der Waals surface area contributed by atoms with Crippen molar-refractivity contribution >= 4 is 17.3 Å². The lowest BCUT2D eigenvalue weighted by Gasteiger charge is -2.22. The Kier molecular flexibility index (Phi) is 4.64. The third kappa shape index (κ3) is 3.53. The highest BCUT2D eigenvalue weighted by Crippen LogP contribution is 2.29. The lowest BCUT2D eigenvalue weighted by atomic mass is 9.80. The summed E-state index contributed by atoms with van der Waals surface area (Å²) in [6, 6.07) is 9.81. The first-order valence-corrected chi connectivity index (χ1v) is 7.37. The number of hydrogen-bond donors (Lipinski definition) is 0. The van der Waals surface area contributed by atoms with E-state index >= 15 is 0 Å². The number of hydrogen-bond acceptors (Lipinski definition) is 4. The minimum absolute atomic E-state index is 0.0607. The minimum Gasteiger partial charge on any atom is -0.391 e. The number of carbonyl (C=O) groups excluding carboxylic acids is 1. The zero-order valence-corrected chi connectivity index (χ0v) is 13.8. The molecule has 1 aromatic carbocycles. The molecule has 0 aromatic heterocycles. The minimum atomic E-state index is -0.430. The Morgan fingerprint density at radius 3 is 2.55 bits per heavy atom. The van der Waals surface area contributed by atoms with E-state index in [1.54, 1.807) is 7.05 Å². The van der Waals surface area contributed by atoms with E-state index in [9.17, 15) is 4.79 Å². The van der Waals surface area contributed by atoms with Crippen LogP contribution in [-0.2, 0) is 16.2 Å². The van der Waals surface area contributed by atoms with Crippen LogP contribution >= 0.6 is 0 Å². The van der Waals surface area contributed by atoms with Crippen molar-refractivity contribution in [1.29, 1.82) is 0 Å². The van der Waals surface area contributed by atoms with Crippen molar-refractivity contribution in [1.82, 2.24) is 5.01 Å². The lowest BCUT2D eigenvalue weighted by Crippen LogP contribution is -2.35. The summed E-state index contributed by atoms with van der Waals surface area (Å²) < 4.78 is 0. The molecule has 1 aromatic rings. The first kappa shape index (κ1) is 16.2. The lowest BCUT2D eigenvalue weighted by molar-refractivity contribution is -0.129. The molecule has 1 atom stereocenters. The van der Waals surface area contributed by atoms with E-state index in [0.29, 0.717) is 12.3 Å². The summed E-state index contributed by atoms with van der Waals surface area (Å²) in [4.78, 5) is 17.7. The van der Waals surface area contributed by atoms with E-state index in [-0.39, 0.29) is 11.3 Å². The summed E-state index contributed by atoms with van der Waals surface area (Å²) in [5, 5.41) is 9.90. The summed E-state index contributed by atoms with van der Waals surface area (Å²) in [5.41, 5.74) is 2.31. The van der Waals surface area contributed by atoms with Crippen LogP contribution in [0.1, 0.15) is 33.3 Å². The second kappa shape index (κ2) is 6.30. The van der Waals surface area contributed by atoms with Gasteiger partial charge in [-0.25, -0.2) is 5.01 Å². The third-order valence-corrected chi connectivity index (χ3v) is 3.57. The van der Waals surface area contributed by atoms with Gasteiger partial charge in [0.1, 0.15) is 12.5 Å². The van der Waals surface area contributed by atoms with Gasteiger partial charge in [-0.05, 0) is 12.5 Å². The average molecular weight is 301 g/mol. The molecule has 1 heterocycles. The molecule has 1 amide bonds. The Labute approximate surface area is 131 Å². The molecular weight excluding hydrogens is 278 g/mol. The van der Waals surface area contributed by atoms with Crippen LogP contribution in [0, 0.1) is 11.3 Å². The quantitative estimate of drug-likeness (QED) is 0.634. The summed E-state index contributed by atoms with van der Waals surface area (Å²) in [6.07, 6.45) is 0. The van der Waals surface area contributed by atoms with Crippen LogP contribution in [0.5, 0.6) is 0 Å². The molecule has 0 saturated heterocycles. The van der Waals surface area contributed by atoms with Crippen LogP contribution in [0.3, 0.4) is 0 Å². The number of benzene rings is 1. The van der Waals surface area contributed by atoms with Crippen molar-refractivity contribution in [3.63, 3.8) is 0 Å². The number of nitrogens with zero attached hydrogens (tertiary/aromatic N) is 3. The van der Waals surface area contributed by atoms with Crippen molar-refractivity contribution in [2.75, 3.05) is 7.05 Å². The predicted molar refractivity (Wildman–Crippen MR) is 87.5 cm³/mol. The molecule has 0 bridgehead atoms. The maximum atomic E-state index is 12.3. The zero-order valence-electron chi connectivity index (χ0n) is 13.8. The maximum absolute atomic E-state index is 12.3. The highest BCUT2D eigenvalue weighted by atomic mass is 16.6. The molecule has 5 nitrogen and oxygen atoms in total. The molecule has 1 unspecified atom stereocenters. The zero-order chi connectivity index (χ0) is 16.3. The molecule has 0 aliphatic carbocycles. The van der Waals surface area contributed by atoms with Crippen LogP contribution in [0.4, 0.5) is 0 Å². The van der Waals surface area contributed by atoms with Gasteiger partial charge >= 0.3 is 0 Å². The molecule has 22 heavy (non-hydrogen) atoms. The maximum Gasteiger partial charge on any atom is 0.257 e. The van der Waals surface area contributed by atoms with E-state index in [4.69, 9.17) is 4.84 Å². The number of amides is 1. The summed E-state index contributed by atoms with van der Waals surface area (Å²) >= 11 is 0. The topological polar surface area (TPSA) is 54.3 Å². The largest absolute Gasteiger partial charge is 0.391 e. The molecule has 5 heteroatoms. The number of rotatable bonds is 4. The third-order valence-electron chi connectivity index (χ3n) is 3.57. The number of oxime groups is 1. The summed E-state index contributed by atoms with van der Waals surface area (Å²) in [5.74, 6) is -0.491. The summed E-state index contributed by atoms with van der Waals surface area (Å²) in [7, 11) is 1.67. The van der Waals surface area contributed by atoms with E-state index in [1.807, 2.05) is 58.0 Å². The Morgan fingerprint density at radius 1 is 1.32 bits per heavy atom. The van der Waals surface area contributed by atoms with Gasteiger partial charge in [0.2, 0.25) is 0 Å². The first-order chi connectivity index (χ1) is 10.3. The Hall–Kier alpha value is -2.17.